The van der Waals surface area contributed by atoms with Crippen LogP contribution in [0.15, 0.2) is 18.2 Å². The summed E-state index contributed by atoms with van der Waals surface area (Å²) in [6.45, 7) is 7.51. The topological polar surface area (TPSA) is 24.5 Å². The lowest BCUT2D eigenvalue weighted by Gasteiger charge is -2.17. The van der Waals surface area contributed by atoms with Crippen LogP contribution < -0.4 is 10.1 Å². The molecule has 1 atom stereocenters. The zero-order valence-electron chi connectivity index (χ0n) is 13.2. The SMILES string of the molecule is CCCOc1ccc(Cl)cc1CCN1CCC(CNC)C1. The number of benzene rings is 1. The number of ether oxygens (including phenoxy) is 1. The summed E-state index contributed by atoms with van der Waals surface area (Å²) in [4.78, 5) is 2.55. The molecule has 2 rings (SSSR count). The number of likely N-dealkylation sites (tertiary alicyclic amines) is 1. The van der Waals surface area contributed by atoms with E-state index in [1.54, 1.807) is 0 Å². The molecular formula is C17H27ClN2O. The van der Waals surface area contributed by atoms with Crippen molar-refractivity contribution in [1.82, 2.24) is 10.2 Å². The zero-order chi connectivity index (χ0) is 15.1. The maximum absolute atomic E-state index is 6.13. The maximum atomic E-state index is 6.13. The third kappa shape index (κ3) is 5.17. The van der Waals surface area contributed by atoms with Gasteiger partial charge in [0, 0.05) is 18.1 Å². The molecule has 0 bridgehead atoms. The fourth-order valence-corrected chi connectivity index (χ4v) is 3.14. The van der Waals surface area contributed by atoms with Crippen molar-refractivity contribution in [3.63, 3.8) is 0 Å². The number of hydrogen-bond acceptors (Lipinski definition) is 3. The van der Waals surface area contributed by atoms with Gasteiger partial charge in [0.15, 0.2) is 0 Å². The van der Waals surface area contributed by atoms with Gasteiger partial charge in [-0.2, -0.15) is 0 Å². The first-order valence-corrected chi connectivity index (χ1v) is 8.39. The summed E-state index contributed by atoms with van der Waals surface area (Å²) in [6, 6.07) is 5.96. The summed E-state index contributed by atoms with van der Waals surface area (Å²) >= 11 is 6.13. The number of hydrogen-bond donors (Lipinski definition) is 1. The van der Waals surface area contributed by atoms with Crippen LogP contribution in [-0.2, 0) is 6.42 Å². The molecule has 118 valence electrons. The smallest absolute Gasteiger partial charge is 0.122 e. The molecule has 3 nitrogen and oxygen atoms in total. The lowest BCUT2D eigenvalue weighted by atomic mass is 10.1. The third-order valence-corrected chi connectivity index (χ3v) is 4.28. The van der Waals surface area contributed by atoms with Gasteiger partial charge in [-0.25, -0.2) is 0 Å². The second kappa shape index (κ2) is 8.62. The van der Waals surface area contributed by atoms with E-state index < -0.39 is 0 Å². The van der Waals surface area contributed by atoms with Gasteiger partial charge in [0.05, 0.1) is 6.61 Å². The minimum absolute atomic E-state index is 0.766. The van der Waals surface area contributed by atoms with Crippen LogP contribution in [0.3, 0.4) is 0 Å². The van der Waals surface area contributed by atoms with Crippen LogP contribution in [0, 0.1) is 5.92 Å². The van der Waals surface area contributed by atoms with Crippen LogP contribution in [0.25, 0.3) is 0 Å². The second-order valence-corrected chi connectivity index (χ2v) is 6.30. The van der Waals surface area contributed by atoms with Gasteiger partial charge in [-0.1, -0.05) is 18.5 Å². The normalized spacial score (nSPS) is 19.1. The van der Waals surface area contributed by atoms with Crippen molar-refractivity contribution in [2.75, 3.05) is 39.8 Å². The van der Waals surface area contributed by atoms with Crippen molar-refractivity contribution >= 4 is 11.6 Å². The van der Waals surface area contributed by atoms with Crippen LogP contribution in [0.4, 0.5) is 0 Å². The van der Waals surface area contributed by atoms with E-state index in [1.165, 1.54) is 25.1 Å². The van der Waals surface area contributed by atoms with Crippen molar-refractivity contribution < 1.29 is 4.74 Å². The lowest BCUT2D eigenvalue weighted by molar-refractivity contribution is 0.305. The molecule has 0 saturated carbocycles. The third-order valence-electron chi connectivity index (χ3n) is 4.04. The Balaban J connectivity index is 1.88. The molecule has 1 aliphatic heterocycles. The van der Waals surface area contributed by atoms with Crippen molar-refractivity contribution in [1.29, 1.82) is 0 Å². The zero-order valence-corrected chi connectivity index (χ0v) is 14.0. The predicted octanol–water partition coefficient (Wildman–Crippen LogP) is 3.21. The average Bonchev–Trinajstić information content (AvgIpc) is 2.92. The molecule has 1 aromatic carbocycles. The first-order chi connectivity index (χ1) is 10.2. The van der Waals surface area contributed by atoms with E-state index in [9.17, 15) is 0 Å². The highest BCUT2D eigenvalue weighted by Gasteiger charge is 2.21. The van der Waals surface area contributed by atoms with E-state index in [0.717, 1.165) is 49.2 Å². The first-order valence-electron chi connectivity index (χ1n) is 8.01. The monoisotopic (exact) mass is 310 g/mol. The van der Waals surface area contributed by atoms with Crippen LogP contribution >= 0.6 is 11.6 Å². The number of rotatable bonds is 8. The molecule has 21 heavy (non-hydrogen) atoms. The van der Waals surface area contributed by atoms with Crippen LogP contribution in [-0.4, -0.2) is 44.7 Å². The Kier molecular flexibility index (Phi) is 6.81. The number of nitrogens with zero attached hydrogens (tertiary/aromatic N) is 1. The van der Waals surface area contributed by atoms with Gasteiger partial charge < -0.3 is 15.0 Å². The Bertz CT molecular complexity index is 439. The molecule has 0 spiro atoms. The molecule has 0 aliphatic carbocycles. The molecule has 0 radical (unpaired) electrons. The van der Waals surface area contributed by atoms with Gasteiger partial charge in [-0.15, -0.1) is 0 Å². The highest BCUT2D eigenvalue weighted by Crippen LogP contribution is 2.25. The summed E-state index contributed by atoms with van der Waals surface area (Å²) in [5.41, 5.74) is 1.23. The Morgan fingerprint density at radius 2 is 2.29 bits per heavy atom. The van der Waals surface area contributed by atoms with E-state index in [1.807, 2.05) is 25.2 Å². The summed E-state index contributed by atoms with van der Waals surface area (Å²) < 4.78 is 5.83. The van der Waals surface area contributed by atoms with Crippen molar-refractivity contribution in [2.45, 2.75) is 26.2 Å². The van der Waals surface area contributed by atoms with Crippen LogP contribution in [0.1, 0.15) is 25.3 Å². The molecule has 1 aromatic rings. The van der Waals surface area contributed by atoms with E-state index >= 15 is 0 Å². The Hall–Kier alpha value is -0.770. The van der Waals surface area contributed by atoms with E-state index in [0.29, 0.717) is 0 Å². The van der Waals surface area contributed by atoms with Gasteiger partial charge in [0.2, 0.25) is 0 Å². The van der Waals surface area contributed by atoms with Crippen molar-refractivity contribution in [3.05, 3.63) is 28.8 Å². The molecule has 0 aromatic heterocycles. The Labute approximate surface area is 133 Å². The molecular weight excluding hydrogens is 284 g/mol. The predicted molar refractivity (Wildman–Crippen MR) is 89.4 cm³/mol. The summed E-state index contributed by atoms with van der Waals surface area (Å²) in [5.74, 6) is 1.79. The van der Waals surface area contributed by atoms with Crippen LogP contribution in [0.2, 0.25) is 5.02 Å². The first kappa shape index (κ1) is 16.6. The average molecular weight is 311 g/mol. The maximum Gasteiger partial charge on any atom is 0.122 e. The van der Waals surface area contributed by atoms with E-state index in [-0.39, 0.29) is 0 Å². The molecule has 1 heterocycles. The minimum Gasteiger partial charge on any atom is -0.493 e. The Morgan fingerprint density at radius 1 is 1.43 bits per heavy atom. The highest BCUT2D eigenvalue weighted by atomic mass is 35.5. The summed E-state index contributed by atoms with van der Waals surface area (Å²) in [7, 11) is 2.03. The number of halogens is 1. The van der Waals surface area contributed by atoms with E-state index in [2.05, 4.69) is 17.1 Å². The largest absolute Gasteiger partial charge is 0.493 e. The molecule has 1 fully saturated rings. The van der Waals surface area contributed by atoms with E-state index in [4.69, 9.17) is 16.3 Å². The van der Waals surface area contributed by atoms with Gasteiger partial charge in [-0.3, -0.25) is 0 Å². The lowest BCUT2D eigenvalue weighted by Crippen LogP contribution is -2.26. The van der Waals surface area contributed by atoms with Crippen LogP contribution in [0.5, 0.6) is 5.75 Å². The summed E-state index contributed by atoms with van der Waals surface area (Å²) in [6.07, 6.45) is 3.33. The summed E-state index contributed by atoms with van der Waals surface area (Å²) in [5, 5.41) is 4.07. The molecule has 1 N–H and O–H groups in total. The quantitative estimate of drug-likeness (QED) is 0.798. The molecule has 0 amide bonds. The van der Waals surface area contributed by atoms with Gasteiger partial charge in [0.1, 0.15) is 5.75 Å². The number of nitrogens with one attached hydrogen (secondary N) is 1. The second-order valence-electron chi connectivity index (χ2n) is 5.86. The molecule has 1 saturated heterocycles. The molecule has 1 aliphatic rings. The Morgan fingerprint density at radius 3 is 3.05 bits per heavy atom. The molecule has 4 heteroatoms. The fourth-order valence-electron chi connectivity index (χ4n) is 2.95. The van der Waals surface area contributed by atoms with Gasteiger partial charge in [-0.05, 0) is 69.1 Å². The van der Waals surface area contributed by atoms with Crippen molar-refractivity contribution in [3.8, 4) is 5.75 Å². The molecule has 1 unspecified atom stereocenters. The minimum atomic E-state index is 0.766. The standard InChI is InChI=1S/C17H27ClN2O/c1-3-10-21-17-5-4-16(18)11-15(17)7-9-20-8-6-14(13-20)12-19-2/h4-5,11,14,19H,3,6-10,12-13H2,1-2H3. The van der Waals surface area contributed by atoms with Gasteiger partial charge in [0.25, 0.3) is 0 Å². The highest BCUT2D eigenvalue weighted by molar-refractivity contribution is 6.30. The van der Waals surface area contributed by atoms with Gasteiger partial charge >= 0.3 is 0 Å². The fraction of sp³-hybridized carbons (Fsp3) is 0.647. The van der Waals surface area contributed by atoms with Crippen molar-refractivity contribution in [2.24, 2.45) is 5.92 Å².